The number of piperidine rings is 1. The molecule has 0 atom stereocenters. The van der Waals surface area contributed by atoms with E-state index in [-0.39, 0.29) is 29.4 Å². The molecule has 192 valence electrons. The SMILES string of the molecule is C/C=C\C(=C/C)NC(=S)Oc1ccc(OCCN2CCC(C(=O)NCCC(=O)OCC)CC2)cc1. The van der Waals surface area contributed by atoms with Crippen LogP contribution in [0.3, 0.4) is 0 Å². The molecule has 0 aliphatic carbocycles. The predicted molar refractivity (Wildman–Crippen MR) is 140 cm³/mol. The van der Waals surface area contributed by atoms with Crippen molar-refractivity contribution in [3.8, 4) is 11.5 Å². The average molecular weight is 504 g/mol. The minimum Gasteiger partial charge on any atom is -0.492 e. The standard InChI is InChI=1S/C26H37N3O5S/c1-4-7-21(5-2)28-26(35)34-23-10-8-22(9-11-23)33-19-18-29-16-13-20(14-17-29)25(31)27-15-12-24(30)32-6-3/h4-5,7-11,20H,6,12-19H2,1-3H3,(H,27,31)(H,28,35)/b7-4-,21-5+. The number of carbonyl (C=O) groups excluding carboxylic acids is 2. The molecule has 0 saturated carbocycles. The zero-order valence-corrected chi connectivity index (χ0v) is 21.7. The number of amides is 1. The van der Waals surface area contributed by atoms with Crippen LogP contribution in [0.2, 0.25) is 0 Å². The van der Waals surface area contributed by atoms with E-state index in [9.17, 15) is 9.59 Å². The van der Waals surface area contributed by atoms with Crippen molar-refractivity contribution < 1.29 is 23.8 Å². The summed E-state index contributed by atoms with van der Waals surface area (Å²) in [6.45, 7) is 9.35. The first-order valence-corrected chi connectivity index (χ1v) is 12.5. The van der Waals surface area contributed by atoms with Gasteiger partial charge in [0.2, 0.25) is 5.91 Å². The molecule has 1 aliphatic rings. The first-order valence-electron chi connectivity index (χ1n) is 12.1. The Kier molecular flexibility index (Phi) is 12.9. The normalized spacial score (nSPS) is 15.0. The average Bonchev–Trinajstić information content (AvgIpc) is 2.85. The third-order valence-electron chi connectivity index (χ3n) is 5.51. The van der Waals surface area contributed by atoms with Gasteiger partial charge >= 0.3 is 5.97 Å². The van der Waals surface area contributed by atoms with Gasteiger partial charge in [0.25, 0.3) is 5.17 Å². The molecule has 0 spiro atoms. The van der Waals surface area contributed by atoms with Crippen LogP contribution in [0.5, 0.6) is 11.5 Å². The second-order valence-electron chi connectivity index (χ2n) is 8.04. The maximum absolute atomic E-state index is 12.3. The van der Waals surface area contributed by atoms with E-state index >= 15 is 0 Å². The molecule has 0 bridgehead atoms. The van der Waals surface area contributed by atoms with Gasteiger partial charge in [-0.2, -0.15) is 0 Å². The zero-order chi connectivity index (χ0) is 25.5. The number of nitrogens with zero attached hydrogens (tertiary/aromatic N) is 1. The summed E-state index contributed by atoms with van der Waals surface area (Å²) in [6, 6.07) is 7.35. The second-order valence-corrected chi connectivity index (χ2v) is 8.41. The summed E-state index contributed by atoms with van der Waals surface area (Å²) in [4.78, 5) is 26.0. The molecule has 1 fully saturated rings. The third kappa shape index (κ3) is 10.9. The Morgan fingerprint density at radius 1 is 1.14 bits per heavy atom. The van der Waals surface area contributed by atoms with Gasteiger partial charge in [-0.05, 0) is 89.3 Å². The Balaban J connectivity index is 1.63. The van der Waals surface area contributed by atoms with Crippen LogP contribution in [0.25, 0.3) is 0 Å². The maximum Gasteiger partial charge on any atom is 0.307 e. The number of likely N-dealkylation sites (tertiary alicyclic amines) is 1. The first kappa shape index (κ1) is 28.3. The van der Waals surface area contributed by atoms with Crippen LogP contribution in [0.4, 0.5) is 0 Å². The molecule has 9 heteroatoms. The number of nitrogens with one attached hydrogen (secondary N) is 2. The van der Waals surface area contributed by atoms with E-state index in [1.807, 2.05) is 56.3 Å². The molecule has 1 saturated heterocycles. The molecule has 1 aromatic carbocycles. The van der Waals surface area contributed by atoms with Gasteiger partial charge in [-0.25, -0.2) is 0 Å². The predicted octanol–water partition coefficient (Wildman–Crippen LogP) is 3.58. The van der Waals surface area contributed by atoms with Crippen LogP contribution in [-0.2, 0) is 14.3 Å². The minimum atomic E-state index is -0.284. The number of thiocarbonyl (C=S) groups is 1. The molecular weight excluding hydrogens is 466 g/mol. The molecule has 1 amide bonds. The van der Waals surface area contributed by atoms with Crippen LogP contribution in [0, 0.1) is 5.92 Å². The highest BCUT2D eigenvalue weighted by atomic mass is 32.1. The minimum absolute atomic E-state index is 0.00985. The largest absolute Gasteiger partial charge is 0.492 e. The maximum atomic E-state index is 12.3. The van der Waals surface area contributed by atoms with Crippen LogP contribution < -0.4 is 20.1 Å². The van der Waals surface area contributed by atoms with E-state index in [0.717, 1.165) is 43.9 Å². The van der Waals surface area contributed by atoms with Crippen molar-refractivity contribution in [1.82, 2.24) is 15.5 Å². The van der Waals surface area contributed by atoms with E-state index in [2.05, 4.69) is 15.5 Å². The van der Waals surface area contributed by atoms with E-state index < -0.39 is 0 Å². The lowest BCUT2D eigenvalue weighted by atomic mass is 9.96. The van der Waals surface area contributed by atoms with Crippen LogP contribution in [0.15, 0.2) is 48.2 Å². The summed E-state index contributed by atoms with van der Waals surface area (Å²) < 4.78 is 16.4. The Bertz CT molecular complexity index is 877. The molecule has 0 aromatic heterocycles. The molecule has 1 heterocycles. The number of benzene rings is 1. The topological polar surface area (TPSA) is 89.1 Å². The van der Waals surface area contributed by atoms with Gasteiger partial charge in [0.05, 0.1) is 13.0 Å². The summed E-state index contributed by atoms with van der Waals surface area (Å²) in [6.07, 6.45) is 7.56. The van der Waals surface area contributed by atoms with E-state index in [1.165, 1.54) is 0 Å². The van der Waals surface area contributed by atoms with Crippen LogP contribution in [-0.4, -0.2) is 61.3 Å². The monoisotopic (exact) mass is 503 g/mol. The fourth-order valence-corrected chi connectivity index (χ4v) is 3.83. The molecular formula is C26H37N3O5S. The summed E-state index contributed by atoms with van der Waals surface area (Å²) in [5.41, 5.74) is 0.871. The van der Waals surface area contributed by atoms with Gasteiger partial charge in [0, 0.05) is 24.7 Å². The quantitative estimate of drug-likeness (QED) is 0.254. The number of rotatable bonds is 12. The summed E-state index contributed by atoms with van der Waals surface area (Å²) in [7, 11) is 0. The Labute approximate surface area is 213 Å². The highest BCUT2D eigenvalue weighted by molar-refractivity contribution is 7.80. The van der Waals surface area contributed by atoms with E-state index in [0.29, 0.717) is 25.5 Å². The van der Waals surface area contributed by atoms with Gasteiger partial charge < -0.3 is 24.8 Å². The third-order valence-corrected chi connectivity index (χ3v) is 5.69. The molecule has 0 radical (unpaired) electrons. The van der Waals surface area contributed by atoms with Gasteiger partial charge in [-0.15, -0.1) is 0 Å². The fraction of sp³-hybridized carbons (Fsp3) is 0.500. The fourth-order valence-electron chi connectivity index (χ4n) is 3.62. The molecule has 2 N–H and O–H groups in total. The van der Waals surface area contributed by atoms with Gasteiger partial charge in [-0.3, -0.25) is 14.5 Å². The Hall–Kier alpha value is -2.91. The van der Waals surface area contributed by atoms with Crippen molar-refractivity contribution in [3.05, 3.63) is 48.2 Å². The van der Waals surface area contributed by atoms with Gasteiger partial charge in [-0.1, -0.05) is 12.2 Å². The van der Waals surface area contributed by atoms with Gasteiger partial charge in [0.15, 0.2) is 0 Å². The number of hydrogen-bond donors (Lipinski definition) is 2. The molecule has 2 rings (SSSR count). The van der Waals surface area contributed by atoms with Crippen molar-refractivity contribution in [2.75, 3.05) is 39.4 Å². The summed E-state index contributed by atoms with van der Waals surface area (Å²) >= 11 is 5.24. The number of carbonyl (C=O) groups is 2. The number of ether oxygens (including phenoxy) is 3. The van der Waals surface area contributed by atoms with Crippen molar-refractivity contribution >= 4 is 29.3 Å². The van der Waals surface area contributed by atoms with Crippen molar-refractivity contribution in [2.45, 2.75) is 40.0 Å². The smallest absolute Gasteiger partial charge is 0.307 e. The Morgan fingerprint density at radius 3 is 2.46 bits per heavy atom. The van der Waals surface area contributed by atoms with Crippen LogP contribution in [0.1, 0.15) is 40.0 Å². The van der Waals surface area contributed by atoms with Crippen molar-refractivity contribution in [3.63, 3.8) is 0 Å². The molecule has 1 aromatic rings. The lowest BCUT2D eigenvalue weighted by Crippen LogP contribution is -2.42. The Morgan fingerprint density at radius 2 is 1.83 bits per heavy atom. The number of hydrogen-bond acceptors (Lipinski definition) is 7. The van der Waals surface area contributed by atoms with E-state index in [1.54, 1.807) is 6.92 Å². The second kappa shape index (κ2) is 15.9. The highest BCUT2D eigenvalue weighted by Gasteiger charge is 2.24. The zero-order valence-electron chi connectivity index (χ0n) is 20.9. The number of esters is 1. The van der Waals surface area contributed by atoms with Crippen molar-refractivity contribution in [2.24, 2.45) is 5.92 Å². The van der Waals surface area contributed by atoms with Gasteiger partial charge in [0.1, 0.15) is 18.1 Å². The highest BCUT2D eigenvalue weighted by Crippen LogP contribution is 2.19. The first-order chi connectivity index (χ1) is 16.9. The molecule has 35 heavy (non-hydrogen) atoms. The molecule has 8 nitrogen and oxygen atoms in total. The lowest BCUT2D eigenvalue weighted by Gasteiger charge is -2.31. The molecule has 0 unspecified atom stereocenters. The van der Waals surface area contributed by atoms with Crippen LogP contribution >= 0.6 is 12.2 Å². The number of allylic oxidation sites excluding steroid dienone is 3. The lowest BCUT2D eigenvalue weighted by molar-refractivity contribution is -0.143. The summed E-state index contributed by atoms with van der Waals surface area (Å²) in [5, 5.41) is 6.16. The van der Waals surface area contributed by atoms with E-state index in [4.69, 9.17) is 26.4 Å². The summed E-state index contributed by atoms with van der Waals surface area (Å²) in [5.74, 6) is 1.12. The molecule has 1 aliphatic heterocycles. The van der Waals surface area contributed by atoms with Crippen molar-refractivity contribution in [1.29, 1.82) is 0 Å².